The molecule has 0 atom stereocenters. The van der Waals surface area contributed by atoms with E-state index in [1.165, 1.54) is 0 Å². The number of morpholine rings is 1. The highest BCUT2D eigenvalue weighted by atomic mass is 16.5. The number of anilines is 1. The predicted octanol–water partition coefficient (Wildman–Crippen LogP) is 0.614. The number of pyridine rings is 1. The van der Waals surface area contributed by atoms with E-state index in [-0.39, 0.29) is 5.91 Å². The van der Waals surface area contributed by atoms with Crippen molar-refractivity contribution in [3.05, 3.63) is 24.0 Å². The summed E-state index contributed by atoms with van der Waals surface area (Å²) in [7, 11) is 0. The lowest BCUT2D eigenvalue weighted by Crippen LogP contribution is -2.41. The highest BCUT2D eigenvalue weighted by molar-refractivity contribution is 5.76. The van der Waals surface area contributed by atoms with Gasteiger partial charge in [0, 0.05) is 26.1 Å². The molecule has 19 heavy (non-hydrogen) atoms. The molecule has 1 amide bonds. The van der Waals surface area contributed by atoms with Crippen LogP contribution >= 0.6 is 0 Å². The average molecular weight is 260 g/mol. The monoisotopic (exact) mass is 260 g/mol. The molecule has 1 aliphatic heterocycles. The molecule has 0 saturated carbocycles. The van der Waals surface area contributed by atoms with Crippen LogP contribution in [0.25, 0.3) is 0 Å². The lowest BCUT2D eigenvalue weighted by molar-refractivity contribution is -0.134. The van der Waals surface area contributed by atoms with Gasteiger partial charge in [0.05, 0.1) is 25.1 Å². The second-order valence-corrected chi connectivity index (χ2v) is 4.21. The number of aromatic nitrogens is 1. The fourth-order valence-electron chi connectivity index (χ4n) is 1.85. The van der Waals surface area contributed by atoms with Crippen LogP contribution in [0.15, 0.2) is 18.3 Å². The number of carbonyl (C=O) groups excluding carboxylic acids is 1. The van der Waals surface area contributed by atoms with Crippen LogP contribution in [0.3, 0.4) is 0 Å². The number of hydrogen-bond acceptors (Lipinski definition) is 5. The van der Waals surface area contributed by atoms with E-state index in [0.717, 1.165) is 5.69 Å². The van der Waals surface area contributed by atoms with Crippen molar-refractivity contribution in [1.82, 2.24) is 9.88 Å². The number of carbonyl (C=O) groups is 1. The minimum absolute atomic E-state index is 0.136. The SMILES string of the molecule is N#Cc1ccc(NCCC(=O)N2CCOCC2)cn1. The molecule has 1 N–H and O–H groups in total. The van der Waals surface area contributed by atoms with E-state index < -0.39 is 0 Å². The third kappa shape index (κ3) is 3.93. The van der Waals surface area contributed by atoms with Crippen molar-refractivity contribution in [2.45, 2.75) is 6.42 Å². The zero-order valence-electron chi connectivity index (χ0n) is 10.6. The van der Waals surface area contributed by atoms with E-state index in [9.17, 15) is 4.79 Å². The van der Waals surface area contributed by atoms with Crippen molar-refractivity contribution in [1.29, 1.82) is 5.26 Å². The van der Waals surface area contributed by atoms with Crippen LogP contribution in [-0.2, 0) is 9.53 Å². The summed E-state index contributed by atoms with van der Waals surface area (Å²) >= 11 is 0. The minimum atomic E-state index is 0.136. The van der Waals surface area contributed by atoms with E-state index in [0.29, 0.717) is 45.0 Å². The Morgan fingerprint density at radius 1 is 1.47 bits per heavy atom. The van der Waals surface area contributed by atoms with Crippen molar-refractivity contribution in [2.75, 3.05) is 38.2 Å². The summed E-state index contributed by atoms with van der Waals surface area (Å²) in [5.41, 5.74) is 1.20. The second-order valence-electron chi connectivity index (χ2n) is 4.21. The molecule has 6 heteroatoms. The maximum atomic E-state index is 11.9. The predicted molar refractivity (Wildman–Crippen MR) is 69.5 cm³/mol. The molecule has 1 saturated heterocycles. The molecule has 0 unspecified atom stereocenters. The molecule has 1 aliphatic rings. The maximum Gasteiger partial charge on any atom is 0.224 e. The maximum absolute atomic E-state index is 11.9. The molecular formula is C13H16N4O2. The Morgan fingerprint density at radius 2 is 2.26 bits per heavy atom. The number of rotatable bonds is 4. The molecule has 2 rings (SSSR count). The van der Waals surface area contributed by atoms with Gasteiger partial charge in [-0.15, -0.1) is 0 Å². The topological polar surface area (TPSA) is 78.2 Å². The quantitative estimate of drug-likeness (QED) is 0.858. The van der Waals surface area contributed by atoms with Gasteiger partial charge in [0.25, 0.3) is 0 Å². The number of nitrogens with zero attached hydrogens (tertiary/aromatic N) is 3. The molecule has 1 aromatic heterocycles. The number of ether oxygens (including phenoxy) is 1. The fraction of sp³-hybridized carbons (Fsp3) is 0.462. The molecule has 1 aromatic rings. The Hall–Kier alpha value is -2.13. The largest absolute Gasteiger partial charge is 0.383 e. The number of amides is 1. The summed E-state index contributed by atoms with van der Waals surface area (Å²) in [6, 6.07) is 5.39. The molecule has 2 heterocycles. The van der Waals surface area contributed by atoms with Gasteiger partial charge in [-0.3, -0.25) is 4.79 Å². The second kappa shape index (κ2) is 6.71. The van der Waals surface area contributed by atoms with Crippen LogP contribution in [0, 0.1) is 11.3 Å². The van der Waals surface area contributed by atoms with Crippen molar-refractivity contribution >= 4 is 11.6 Å². The van der Waals surface area contributed by atoms with Gasteiger partial charge in [0.2, 0.25) is 5.91 Å². The van der Waals surface area contributed by atoms with Crippen LogP contribution in [0.2, 0.25) is 0 Å². The highest BCUT2D eigenvalue weighted by Crippen LogP contribution is 2.06. The van der Waals surface area contributed by atoms with Gasteiger partial charge in [-0.2, -0.15) is 5.26 Å². The molecule has 0 aromatic carbocycles. The first-order chi connectivity index (χ1) is 9.29. The summed E-state index contributed by atoms with van der Waals surface area (Å²) in [6.45, 7) is 3.16. The molecule has 0 aliphatic carbocycles. The fourth-order valence-corrected chi connectivity index (χ4v) is 1.85. The van der Waals surface area contributed by atoms with Gasteiger partial charge < -0.3 is 15.0 Å². The molecule has 0 spiro atoms. The molecule has 6 nitrogen and oxygen atoms in total. The number of nitriles is 1. The first-order valence-corrected chi connectivity index (χ1v) is 6.25. The van der Waals surface area contributed by atoms with Crippen LogP contribution in [0.5, 0.6) is 0 Å². The van der Waals surface area contributed by atoms with Crippen molar-refractivity contribution in [3.8, 4) is 6.07 Å². The third-order valence-electron chi connectivity index (χ3n) is 2.91. The molecular weight excluding hydrogens is 244 g/mol. The summed E-state index contributed by atoms with van der Waals surface area (Å²) in [5.74, 6) is 0.136. The van der Waals surface area contributed by atoms with Gasteiger partial charge in [0.15, 0.2) is 0 Å². The van der Waals surface area contributed by atoms with E-state index in [1.54, 1.807) is 18.3 Å². The van der Waals surface area contributed by atoms with E-state index >= 15 is 0 Å². The molecule has 1 fully saturated rings. The van der Waals surface area contributed by atoms with Crippen LogP contribution in [-0.4, -0.2) is 48.6 Å². The lowest BCUT2D eigenvalue weighted by Gasteiger charge is -2.26. The van der Waals surface area contributed by atoms with Crippen LogP contribution in [0.1, 0.15) is 12.1 Å². The van der Waals surface area contributed by atoms with Crippen LogP contribution in [0.4, 0.5) is 5.69 Å². The van der Waals surface area contributed by atoms with E-state index in [2.05, 4.69) is 10.3 Å². The van der Waals surface area contributed by atoms with Crippen molar-refractivity contribution in [3.63, 3.8) is 0 Å². The summed E-state index contributed by atoms with van der Waals surface area (Å²) in [4.78, 5) is 17.6. The molecule has 0 radical (unpaired) electrons. The van der Waals surface area contributed by atoms with E-state index in [4.69, 9.17) is 10.00 Å². The normalized spacial score (nSPS) is 14.8. The average Bonchev–Trinajstić information content (AvgIpc) is 2.49. The van der Waals surface area contributed by atoms with Gasteiger partial charge in [-0.25, -0.2) is 4.98 Å². The standard InChI is InChI=1S/C13H16N4O2/c14-9-11-1-2-12(10-16-11)15-4-3-13(18)17-5-7-19-8-6-17/h1-2,10,15H,3-8H2. The molecule has 0 bridgehead atoms. The number of nitrogens with one attached hydrogen (secondary N) is 1. The first-order valence-electron chi connectivity index (χ1n) is 6.25. The zero-order valence-corrected chi connectivity index (χ0v) is 10.6. The smallest absolute Gasteiger partial charge is 0.224 e. The van der Waals surface area contributed by atoms with Gasteiger partial charge in [-0.05, 0) is 12.1 Å². The number of hydrogen-bond donors (Lipinski definition) is 1. The van der Waals surface area contributed by atoms with Gasteiger partial charge >= 0.3 is 0 Å². The summed E-state index contributed by atoms with van der Waals surface area (Å²) in [6.07, 6.45) is 2.04. The Labute approximate surface area is 112 Å². The molecule has 100 valence electrons. The van der Waals surface area contributed by atoms with Gasteiger partial charge in [-0.1, -0.05) is 0 Å². The van der Waals surface area contributed by atoms with Crippen LogP contribution < -0.4 is 5.32 Å². The van der Waals surface area contributed by atoms with Crippen molar-refractivity contribution < 1.29 is 9.53 Å². The highest BCUT2D eigenvalue weighted by Gasteiger charge is 2.15. The minimum Gasteiger partial charge on any atom is -0.383 e. The summed E-state index contributed by atoms with van der Waals surface area (Å²) < 4.78 is 5.20. The Bertz CT molecular complexity index is 461. The Kier molecular flexibility index (Phi) is 4.70. The van der Waals surface area contributed by atoms with Crippen molar-refractivity contribution in [2.24, 2.45) is 0 Å². The summed E-state index contributed by atoms with van der Waals surface area (Å²) in [5, 5.41) is 11.7. The third-order valence-corrected chi connectivity index (χ3v) is 2.91. The van der Waals surface area contributed by atoms with E-state index in [1.807, 2.05) is 11.0 Å². The van der Waals surface area contributed by atoms with Gasteiger partial charge in [0.1, 0.15) is 11.8 Å². The first kappa shape index (κ1) is 13.3. The lowest BCUT2D eigenvalue weighted by atomic mass is 10.3. The Morgan fingerprint density at radius 3 is 2.89 bits per heavy atom. The zero-order chi connectivity index (χ0) is 13.5. The Balaban J connectivity index is 1.73.